The standard InChI is InChI=1S/C19H18N2O4S/c1-2-24-17(22)15-14(13(10-20)16(21)26-15)11-25-18(23)19(8-9-19)12-6-4-3-5-7-12/h3-7H,2,8-9,11,21H2,1H3. The number of benzene rings is 1. The van der Waals surface area contributed by atoms with Gasteiger partial charge < -0.3 is 15.2 Å². The molecule has 0 atom stereocenters. The average Bonchev–Trinajstić information content (AvgIpc) is 3.40. The summed E-state index contributed by atoms with van der Waals surface area (Å²) in [4.78, 5) is 25.0. The Hall–Kier alpha value is -2.85. The molecule has 1 saturated carbocycles. The molecule has 7 heteroatoms. The van der Waals surface area contributed by atoms with Gasteiger partial charge in [-0.1, -0.05) is 30.3 Å². The number of anilines is 1. The molecule has 2 aromatic rings. The lowest BCUT2D eigenvalue weighted by Gasteiger charge is -2.15. The maximum atomic E-state index is 12.7. The molecule has 1 heterocycles. The second kappa shape index (κ2) is 7.18. The number of ether oxygens (including phenoxy) is 2. The number of esters is 2. The van der Waals surface area contributed by atoms with Crippen LogP contribution < -0.4 is 5.73 Å². The number of carbonyl (C=O) groups excluding carboxylic acids is 2. The van der Waals surface area contributed by atoms with Crippen molar-refractivity contribution in [1.82, 2.24) is 0 Å². The molecule has 1 aromatic carbocycles. The molecular formula is C19H18N2O4S. The molecule has 0 unspecified atom stereocenters. The van der Waals surface area contributed by atoms with Gasteiger partial charge in [0.25, 0.3) is 0 Å². The summed E-state index contributed by atoms with van der Waals surface area (Å²) >= 11 is 0.974. The van der Waals surface area contributed by atoms with Crippen molar-refractivity contribution >= 4 is 28.3 Å². The minimum atomic E-state index is -0.625. The number of thiophene rings is 1. The zero-order valence-electron chi connectivity index (χ0n) is 14.3. The number of nitrogen functional groups attached to an aromatic ring is 1. The molecule has 134 valence electrons. The number of nitrogens with two attached hydrogens (primary N) is 1. The number of hydrogen-bond donors (Lipinski definition) is 1. The van der Waals surface area contributed by atoms with Crippen molar-refractivity contribution in [2.45, 2.75) is 31.8 Å². The molecule has 0 aliphatic heterocycles. The Morgan fingerprint density at radius 2 is 1.96 bits per heavy atom. The van der Waals surface area contributed by atoms with Crippen molar-refractivity contribution in [2.24, 2.45) is 0 Å². The van der Waals surface area contributed by atoms with Gasteiger partial charge in [-0.15, -0.1) is 11.3 Å². The van der Waals surface area contributed by atoms with Gasteiger partial charge >= 0.3 is 11.9 Å². The van der Waals surface area contributed by atoms with E-state index in [1.165, 1.54) is 0 Å². The van der Waals surface area contributed by atoms with Crippen LogP contribution in [0.25, 0.3) is 0 Å². The highest BCUT2D eigenvalue weighted by molar-refractivity contribution is 7.18. The van der Waals surface area contributed by atoms with E-state index in [1.807, 2.05) is 36.4 Å². The summed E-state index contributed by atoms with van der Waals surface area (Å²) in [6, 6.07) is 11.4. The summed E-state index contributed by atoms with van der Waals surface area (Å²) < 4.78 is 10.5. The van der Waals surface area contributed by atoms with E-state index >= 15 is 0 Å². The van der Waals surface area contributed by atoms with Crippen molar-refractivity contribution in [3.63, 3.8) is 0 Å². The molecule has 0 amide bonds. The number of rotatable bonds is 6. The van der Waals surface area contributed by atoms with Crippen LogP contribution in [0.15, 0.2) is 30.3 Å². The van der Waals surface area contributed by atoms with E-state index in [2.05, 4.69) is 0 Å². The number of carbonyl (C=O) groups is 2. The van der Waals surface area contributed by atoms with Crippen LogP contribution in [0.4, 0.5) is 5.00 Å². The van der Waals surface area contributed by atoms with Gasteiger partial charge in [0.05, 0.1) is 17.6 Å². The Morgan fingerprint density at radius 3 is 2.54 bits per heavy atom. The third kappa shape index (κ3) is 3.16. The first-order valence-corrected chi connectivity index (χ1v) is 9.06. The maximum absolute atomic E-state index is 12.7. The quantitative estimate of drug-likeness (QED) is 0.784. The molecule has 0 radical (unpaired) electrons. The second-order valence-corrected chi connectivity index (χ2v) is 7.06. The number of hydrogen-bond acceptors (Lipinski definition) is 7. The molecule has 1 aliphatic rings. The summed E-state index contributed by atoms with van der Waals surface area (Å²) in [5, 5.41) is 9.54. The molecule has 3 rings (SSSR count). The Morgan fingerprint density at radius 1 is 1.27 bits per heavy atom. The van der Waals surface area contributed by atoms with E-state index in [-0.39, 0.29) is 34.6 Å². The van der Waals surface area contributed by atoms with Gasteiger partial charge in [-0.25, -0.2) is 4.79 Å². The first kappa shape index (κ1) is 18.0. The normalized spacial score (nSPS) is 14.3. The highest BCUT2D eigenvalue weighted by Crippen LogP contribution is 2.49. The monoisotopic (exact) mass is 370 g/mol. The summed E-state index contributed by atoms with van der Waals surface area (Å²) in [5.74, 6) is -0.923. The van der Waals surface area contributed by atoms with E-state index in [0.717, 1.165) is 29.7 Å². The van der Waals surface area contributed by atoms with Crippen LogP contribution in [-0.2, 0) is 26.3 Å². The summed E-state index contributed by atoms with van der Waals surface area (Å²) in [5.41, 5.74) is 6.60. The topological polar surface area (TPSA) is 102 Å². The fourth-order valence-electron chi connectivity index (χ4n) is 2.88. The van der Waals surface area contributed by atoms with E-state index in [0.29, 0.717) is 5.56 Å². The smallest absolute Gasteiger partial charge is 0.348 e. The summed E-state index contributed by atoms with van der Waals surface area (Å²) in [6.45, 7) is 1.71. The summed E-state index contributed by atoms with van der Waals surface area (Å²) in [6.07, 6.45) is 1.44. The van der Waals surface area contributed by atoms with Crippen LogP contribution in [-0.4, -0.2) is 18.5 Å². The first-order chi connectivity index (χ1) is 12.5. The van der Waals surface area contributed by atoms with Crippen molar-refractivity contribution in [2.75, 3.05) is 12.3 Å². The zero-order valence-corrected chi connectivity index (χ0v) is 15.1. The molecule has 0 bridgehead atoms. The predicted molar refractivity (Wildman–Crippen MR) is 96.6 cm³/mol. The molecule has 2 N–H and O–H groups in total. The minimum Gasteiger partial charge on any atom is -0.462 e. The van der Waals surface area contributed by atoms with Crippen LogP contribution in [0, 0.1) is 11.3 Å². The van der Waals surface area contributed by atoms with Gasteiger partial charge in [0.15, 0.2) is 0 Å². The maximum Gasteiger partial charge on any atom is 0.348 e. The van der Waals surface area contributed by atoms with Gasteiger partial charge in [-0.2, -0.15) is 5.26 Å². The fraction of sp³-hybridized carbons (Fsp3) is 0.316. The summed E-state index contributed by atoms with van der Waals surface area (Å²) in [7, 11) is 0. The Kier molecular flexibility index (Phi) is 4.96. The molecular weight excluding hydrogens is 352 g/mol. The Balaban J connectivity index is 1.81. The predicted octanol–water partition coefficient (Wildman–Crippen LogP) is 3.15. The molecule has 0 spiro atoms. The van der Waals surface area contributed by atoms with Crippen molar-refractivity contribution < 1.29 is 19.1 Å². The van der Waals surface area contributed by atoms with Crippen LogP contribution in [0.3, 0.4) is 0 Å². The Labute approximate surface area is 155 Å². The third-order valence-electron chi connectivity index (χ3n) is 4.42. The molecule has 0 saturated heterocycles. The lowest BCUT2D eigenvalue weighted by molar-refractivity contribution is -0.148. The van der Waals surface area contributed by atoms with Gasteiger partial charge in [-0.3, -0.25) is 4.79 Å². The van der Waals surface area contributed by atoms with Gasteiger partial charge in [0.2, 0.25) is 0 Å². The molecule has 1 fully saturated rings. The highest BCUT2D eigenvalue weighted by atomic mass is 32.1. The van der Waals surface area contributed by atoms with Crippen molar-refractivity contribution in [3.05, 3.63) is 51.9 Å². The van der Waals surface area contributed by atoms with Crippen LogP contribution in [0.1, 0.15) is 46.1 Å². The van der Waals surface area contributed by atoms with Crippen molar-refractivity contribution in [1.29, 1.82) is 5.26 Å². The van der Waals surface area contributed by atoms with E-state index in [4.69, 9.17) is 15.2 Å². The first-order valence-electron chi connectivity index (χ1n) is 8.24. The zero-order chi connectivity index (χ0) is 18.7. The van der Waals surface area contributed by atoms with E-state index in [9.17, 15) is 14.9 Å². The second-order valence-electron chi connectivity index (χ2n) is 6.01. The molecule has 1 aliphatic carbocycles. The van der Waals surface area contributed by atoms with Gasteiger partial charge in [-0.05, 0) is 25.3 Å². The van der Waals surface area contributed by atoms with E-state index < -0.39 is 11.4 Å². The lowest BCUT2D eigenvalue weighted by Crippen LogP contribution is -2.23. The largest absolute Gasteiger partial charge is 0.462 e. The fourth-order valence-corrected chi connectivity index (χ4v) is 3.79. The van der Waals surface area contributed by atoms with Crippen LogP contribution in [0.2, 0.25) is 0 Å². The van der Waals surface area contributed by atoms with Gasteiger partial charge in [0.1, 0.15) is 22.6 Å². The van der Waals surface area contributed by atoms with Gasteiger partial charge in [0, 0.05) is 5.56 Å². The Bertz CT molecular complexity index is 879. The average molecular weight is 370 g/mol. The molecule has 1 aromatic heterocycles. The van der Waals surface area contributed by atoms with E-state index in [1.54, 1.807) is 6.92 Å². The molecule has 26 heavy (non-hydrogen) atoms. The molecule has 6 nitrogen and oxygen atoms in total. The van der Waals surface area contributed by atoms with Crippen LogP contribution in [0.5, 0.6) is 0 Å². The SMILES string of the molecule is CCOC(=O)c1sc(N)c(C#N)c1COC(=O)C1(c2ccccc2)CC1. The van der Waals surface area contributed by atoms with Crippen molar-refractivity contribution in [3.8, 4) is 6.07 Å². The minimum absolute atomic E-state index is 0.162. The number of nitriles is 1. The highest BCUT2D eigenvalue weighted by Gasteiger charge is 2.52. The number of nitrogens with zero attached hydrogens (tertiary/aromatic N) is 1. The van der Waals surface area contributed by atoms with Crippen LogP contribution >= 0.6 is 11.3 Å². The lowest BCUT2D eigenvalue weighted by atomic mass is 9.96. The third-order valence-corrected chi connectivity index (χ3v) is 5.46.